The summed E-state index contributed by atoms with van der Waals surface area (Å²) in [4.78, 5) is 2.20. The lowest BCUT2D eigenvalue weighted by molar-refractivity contribution is -0.104. The monoisotopic (exact) mass is 762 g/mol. The van der Waals surface area contributed by atoms with Crippen molar-refractivity contribution in [3.63, 3.8) is 0 Å². The lowest BCUT2D eigenvalue weighted by atomic mass is 10.1. The van der Waals surface area contributed by atoms with Gasteiger partial charge in [-0.1, -0.05) is 146 Å². The van der Waals surface area contributed by atoms with Crippen molar-refractivity contribution in [2.45, 2.75) is 213 Å². The van der Waals surface area contributed by atoms with Gasteiger partial charge in [0.05, 0.1) is 6.61 Å². The summed E-state index contributed by atoms with van der Waals surface area (Å²) >= 11 is 0. The van der Waals surface area contributed by atoms with E-state index in [0.717, 1.165) is 64.8 Å². The number of likely N-dealkylation sites (N-methyl/N-ethyl adjacent to an activating group) is 1. The van der Waals surface area contributed by atoms with Crippen LogP contribution in [-0.4, -0.2) is 64.8 Å². The molecule has 0 saturated heterocycles. The zero-order valence-corrected chi connectivity index (χ0v) is 37.1. The molecule has 6 heteroatoms. The second-order valence-electron chi connectivity index (χ2n) is 15.7. The molecule has 0 aliphatic rings. The van der Waals surface area contributed by atoms with Crippen LogP contribution >= 0.6 is 0 Å². The molecule has 0 heterocycles. The van der Waals surface area contributed by atoms with Crippen LogP contribution in [0.25, 0.3) is 0 Å². The molecule has 0 aromatic rings. The minimum absolute atomic E-state index is 0.144. The smallest absolute Gasteiger partial charge is 0.333 e. The topological polar surface area (TPSA) is 51.2 Å². The van der Waals surface area contributed by atoms with E-state index in [0.29, 0.717) is 0 Å². The largest absolute Gasteiger partial charge is 0.395 e. The van der Waals surface area contributed by atoms with E-state index in [1.807, 2.05) is 0 Å². The van der Waals surface area contributed by atoms with E-state index in [9.17, 15) is 0 Å². The Morgan fingerprint density at radius 1 is 0.509 bits per heavy atom. The highest BCUT2D eigenvalue weighted by atomic mass is 28.4. The van der Waals surface area contributed by atoms with Crippen LogP contribution in [-0.2, 0) is 13.6 Å². The Labute approximate surface area is 332 Å². The first-order chi connectivity index (χ1) is 25.9. The lowest BCUT2D eigenvalue weighted by Crippen LogP contribution is -2.40. The van der Waals surface area contributed by atoms with Crippen molar-refractivity contribution in [3.05, 3.63) is 48.6 Å². The summed E-state index contributed by atoms with van der Waals surface area (Å²) in [6.45, 7) is 12.5. The highest BCUT2D eigenvalue weighted by Gasteiger charge is 2.29. The summed E-state index contributed by atoms with van der Waals surface area (Å²) < 4.78 is 19.4. The molecule has 0 saturated carbocycles. The first-order valence-corrected chi connectivity index (χ1v) is 25.6. The van der Waals surface area contributed by atoms with Gasteiger partial charge in [0.25, 0.3) is 0 Å². The van der Waals surface area contributed by atoms with Crippen molar-refractivity contribution in [3.8, 4) is 0 Å². The molecule has 53 heavy (non-hydrogen) atoms. The second-order valence-corrected chi connectivity index (χ2v) is 19.0. The van der Waals surface area contributed by atoms with Crippen LogP contribution in [0.2, 0.25) is 13.1 Å². The number of unbranched alkanes of at least 4 members (excludes halogenated alkanes) is 20. The highest BCUT2D eigenvalue weighted by molar-refractivity contribution is 6.64. The van der Waals surface area contributed by atoms with Crippen molar-refractivity contribution >= 4 is 8.56 Å². The summed E-state index contributed by atoms with van der Waals surface area (Å²) in [5.41, 5.74) is 0. The molecule has 1 N–H and O–H groups in total. The fourth-order valence-electron chi connectivity index (χ4n) is 6.39. The van der Waals surface area contributed by atoms with Gasteiger partial charge in [-0.15, -0.1) is 0 Å². The van der Waals surface area contributed by atoms with Crippen molar-refractivity contribution in [1.82, 2.24) is 4.90 Å². The van der Waals surface area contributed by atoms with Crippen molar-refractivity contribution < 1.29 is 18.7 Å². The van der Waals surface area contributed by atoms with E-state index in [4.69, 9.17) is 18.7 Å². The molecular formula is C47H91NO4Si. The molecule has 0 radical (unpaired) electrons. The fraction of sp³-hybridized carbons (Fsp3) is 0.830. The molecule has 0 aliphatic carbocycles. The van der Waals surface area contributed by atoms with Gasteiger partial charge >= 0.3 is 8.56 Å². The second kappa shape index (κ2) is 42.1. The van der Waals surface area contributed by atoms with Crippen LogP contribution < -0.4 is 0 Å². The quantitative estimate of drug-likeness (QED) is 0.0291. The Hall–Kier alpha value is -1.02. The van der Waals surface area contributed by atoms with Gasteiger partial charge in [-0.25, -0.2) is 0 Å². The van der Waals surface area contributed by atoms with Crippen LogP contribution in [0.4, 0.5) is 0 Å². The molecule has 312 valence electrons. The molecule has 1 unspecified atom stereocenters. The molecule has 1 atom stereocenters. The Balaban J connectivity index is 4.32. The standard InChI is InChI=1S/C47H91NO4Si/c1-6-8-10-12-14-16-18-20-22-24-26-28-30-32-35-39-45-50-47(52-53(4,5)51-46-40-36-34-38-42-48(3)43-44-49)41-37-33-31-29-27-25-23-21-19-17-15-13-11-9-7-2/h14-17,20-23,47,49H,6-13,18-19,24-46H2,1-5H3/b16-14-,17-15-,22-20-,23-21-. The average Bonchev–Trinajstić information content (AvgIpc) is 3.13. The van der Waals surface area contributed by atoms with E-state index in [-0.39, 0.29) is 12.9 Å². The Morgan fingerprint density at radius 3 is 1.45 bits per heavy atom. The molecule has 0 amide bonds. The number of hydrogen-bond acceptors (Lipinski definition) is 5. The highest BCUT2D eigenvalue weighted by Crippen LogP contribution is 2.19. The van der Waals surface area contributed by atoms with Crippen molar-refractivity contribution in [2.75, 3.05) is 40.0 Å². The van der Waals surface area contributed by atoms with Gasteiger partial charge in [0.15, 0.2) is 0 Å². The molecule has 0 aromatic heterocycles. The van der Waals surface area contributed by atoms with Gasteiger partial charge in [0, 0.05) is 19.8 Å². The van der Waals surface area contributed by atoms with Gasteiger partial charge in [-0.05, 0) is 123 Å². The number of hydrogen-bond donors (Lipinski definition) is 1. The van der Waals surface area contributed by atoms with Gasteiger partial charge in [0.1, 0.15) is 6.29 Å². The van der Waals surface area contributed by atoms with Gasteiger partial charge in [-0.2, -0.15) is 0 Å². The summed E-state index contributed by atoms with van der Waals surface area (Å²) in [6, 6.07) is 0. The first-order valence-electron chi connectivity index (χ1n) is 22.8. The third-order valence-electron chi connectivity index (χ3n) is 9.82. The fourth-order valence-corrected chi connectivity index (χ4v) is 7.92. The van der Waals surface area contributed by atoms with Crippen LogP contribution in [0, 0.1) is 0 Å². The first kappa shape index (κ1) is 52.0. The molecule has 0 rings (SSSR count). The summed E-state index contributed by atoms with van der Waals surface area (Å²) in [6.07, 6.45) is 53.1. The van der Waals surface area contributed by atoms with Crippen LogP contribution in [0.3, 0.4) is 0 Å². The SMILES string of the molecule is CCCCC/C=C\C/C=C\CCCCCCCCOC(CCCCCCC/C=C\C/C=C\CCCCC)O[Si](C)(C)OCCCCCCN(C)CCO. The van der Waals surface area contributed by atoms with Crippen molar-refractivity contribution in [1.29, 1.82) is 0 Å². The van der Waals surface area contributed by atoms with Gasteiger partial charge in [0.2, 0.25) is 0 Å². The van der Waals surface area contributed by atoms with Crippen LogP contribution in [0.1, 0.15) is 194 Å². The molecule has 5 nitrogen and oxygen atoms in total. The minimum Gasteiger partial charge on any atom is -0.395 e. The zero-order valence-electron chi connectivity index (χ0n) is 36.1. The predicted molar refractivity (Wildman–Crippen MR) is 236 cm³/mol. The maximum atomic E-state index is 9.07. The number of aliphatic hydroxyl groups excluding tert-OH is 1. The molecule has 0 aromatic carbocycles. The van der Waals surface area contributed by atoms with E-state index in [1.54, 1.807) is 0 Å². The van der Waals surface area contributed by atoms with Gasteiger partial charge < -0.3 is 23.6 Å². The number of rotatable bonds is 42. The molecule has 0 bridgehead atoms. The van der Waals surface area contributed by atoms with E-state index in [2.05, 4.69) is 87.5 Å². The zero-order chi connectivity index (χ0) is 38.8. The Morgan fingerprint density at radius 2 is 0.943 bits per heavy atom. The van der Waals surface area contributed by atoms with E-state index >= 15 is 0 Å². The molecule has 0 spiro atoms. The van der Waals surface area contributed by atoms with E-state index < -0.39 is 8.56 Å². The average molecular weight is 762 g/mol. The molecule has 0 fully saturated rings. The Bertz CT molecular complexity index is 842. The molecule has 0 aliphatic heterocycles. The number of allylic oxidation sites excluding steroid dienone is 8. The lowest BCUT2D eigenvalue weighted by Gasteiger charge is -2.29. The predicted octanol–water partition coefficient (Wildman–Crippen LogP) is 14.2. The van der Waals surface area contributed by atoms with Gasteiger partial charge in [-0.3, -0.25) is 0 Å². The third-order valence-corrected chi connectivity index (χ3v) is 11.5. The van der Waals surface area contributed by atoms with E-state index in [1.165, 1.54) is 141 Å². The van der Waals surface area contributed by atoms with Crippen molar-refractivity contribution in [2.24, 2.45) is 0 Å². The number of aliphatic hydroxyl groups is 1. The maximum Gasteiger partial charge on any atom is 0.333 e. The minimum atomic E-state index is -2.27. The number of ether oxygens (including phenoxy) is 1. The molecular weight excluding hydrogens is 671 g/mol. The van der Waals surface area contributed by atoms with Crippen LogP contribution in [0.5, 0.6) is 0 Å². The normalized spacial score (nSPS) is 13.3. The summed E-state index contributed by atoms with van der Waals surface area (Å²) in [5, 5.41) is 9.07. The van der Waals surface area contributed by atoms with Crippen LogP contribution in [0.15, 0.2) is 48.6 Å². The number of nitrogens with zero attached hydrogens (tertiary/aromatic N) is 1. The summed E-state index contributed by atoms with van der Waals surface area (Å²) in [7, 11) is -0.189. The third kappa shape index (κ3) is 42.0. The maximum absolute atomic E-state index is 9.07. The Kier molecular flexibility index (Phi) is 41.3. The summed E-state index contributed by atoms with van der Waals surface area (Å²) in [5.74, 6) is 0.